The van der Waals surface area contributed by atoms with Crippen LogP contribution in [0.2, 0.25) is 0 Å². The van der Waals surface area contributed by atoms with Gasteiger partial charge in [-0.1, -0.05) is 12.1 Å². The number of benzene rings is 1. The van der Waals surface area contributed by atoms with Crippen LogP contribution in [0.1, 0.15) is 24.2 Å². The predicted octanol–water partition coefficient (Wildman–Crippen LogP) is 2.06. The van der Waals surface area contributed by atoms with E-state index in [9.17, 15) is 9.59 Å². The zero-order valence-electron chi connectivity index (χ0n) is 15.3. The Hall–Kier alpha value is -3.42. The summed E-state index contributed by atoms with van der Waals surface area (Å²) in [5.74, 6) is -0.287. The number of fused-ring (bicyclic) bond motifs is 3. The third-order valence-corrected chi connectivity index (χ3v) is 4.78. The maximum absolute atomic E-state index is 12.7. The smallest absolute Gasteiger partial charge is 0.297 e. The van der Waals surface area contributed by atoms with Gasteiger partial charge < -0.3 is 9.73 Å². The highest BCUT2D eigenvalue weighted by atomic mass is 16.3. The molecule has 0 aliphatic carbocycles. The molecule has 0 saturated heterocycles. The second-order valence-electron chi connectivity index (χ2n) is 6.55. The molecule has 4 rings (SSSR count). The van der Waals surface area contributed by atoms with E-state index in [0.29, 0.717) is 11.1 Å². The number of carbonyl (C=O) groups is 1. The number of hydrogen-bond acceptors (Lipinski definition) is 5. The van der Waals surface area contributed by atoms with E-state index in [4.69, 9.17) is 4.42 Å². The molecule has 0 spiro atoms. The monoisotopic (exact) mass is 365 g/mol. The maximum atomic E-state index is 12.7. The third kappa shape index (κ3) is 2.88. The van der Waals surface area contributed by atoms with Crippen molar-refractivity contribution in [1.29, 1.82) is 0 Å². The molecule has 0 aliphatic heterocycles. The maximum Gasteiger partial charge on any atom is 0.297 e. The number of furan rings is 1. The van der Waals surface area contributed by atoms with Gasteiger partial charge in [-0.3, -0.25) is 18.8 Å². The predicted molar refractivity (Wildman–Crippen MR) is 100 cm³/mol. The molecule has 3 heterocycles. The Balaban J connectivity index is 1.58. The van der Waals surface area contributed by atoms with Crippen LogP contribution in [0.5, 0.6) is 0 Å². The van der Waals surface area contributed by atoms with E-state index >= 15 is 0 Å². The van der Waals surface area contributed by atoms with Crippen LogP contribution in [-0.2, 0) is 18.4 Å². The fraction of sp³-hybridized carbons (Fsp3) is 0.263. The molecule has 0 bridgehead atoms. The van der Waals surface area contributed by atoms with E-state index in [1.165, 1.54) is 10.9 Å². The van der Waals surface area contributed by atoms with Gasteiger partial charge in [0.2, 0.25) is 11.5 Å². The summed E-state index contributed by atoms with van der Waals surface area (Å²) in [7, 11) is 1.85. The van der Waals surface area contributed by atoms with E-state index in [1.807, 2.05) is 39.1 Å². The van der Waals surface area contributed by atoms with Crippen LogP contribution in [0.3, 0.4) is 0 Å². The highest BCUT2D eigenvalue weighted by Crippen LogP contribution is 2.24. The molecule has 3 aromatic heterocycles. The van der Waals surface area contributed by atoms with Gasteiger partial charge in [0.25, 0.3) is 5.56 Å². The molecule has 0 aliphatic rings. The molecule has 8 nitrogen and oxygen atoms in total. The Bertz CT molecular complexity index is 1220. The third-order valence-electron chi connectivity index (χ3n) is 4.78. The number of nitrogens with one attached hydrogen (secondary N) is 1. The fourth-order valence-electron chi connectivity index (χ4n) is 3.19. The normalized spacial score (nSPS) is 12.6. The van der Waals surface area contributed by atoms with Crippen molar-refractivity contribution in [2.24, 2.45) is 7.05 Å². The summed E-state index contributed by atoms with van der Waals surface area (Å²) in [6, 6.07) is 7.11. The lowest BCUT2D eigenvalue weighted by Crippen LogP contribution is -2.34. The molecule has 0 fully saturated rings. The molecule has 0 saturated carbocycles. The number of carbonyl (C=O) groups excluding carboxylic acids is 1. The van der Waals surface area contributed by atoms with Gasteiger partial charge in [-0.15, -0.1) is 0 Å². The van der Waals surface area contributed by atoms with Gasteiger partial charge in [0.15, 0.2) is 0 Å². The summed E-state index contributed by atoms with van der Waals surface area (Å²) in [6.45, 7) is 3.68. The largest absolute Gasteiger partial charge is 0.448 e. The zero-order valence-corrected chi connectivity index (χ0v) is 15.3. The molecule has 27 heavy (non-hydrogen) atoms. The van der Waals surface area contributed by atoms with Gasteiger partial charge in [-0.05, 0) is 26.0 Å². The second-order valence-corrected chi connectivity index (χ2v) is 6.55. The Kier molecular flexibility index (Phi) is 4.02. The van der Waals surface area contributed by atoms with Crippen LogP contribution in [-0.4, -0.2) is 25.2 Å². The van der Waals surface area contributed by atoms with Gasteiger partial charge in [-0.2, -0.15) is 5.10 Å². The van der Waals surface area contributed by atoms with E-state index in [2.05, 4.69) is 15.4 Å². The SMILES string of the molecule is Cc1c([C@@H](C)NC(=O)Cn2cnc3c(oc4ccccc43)c2=O)cnn1C. The van der Waals surface area contributed by atoms with Gasteiger partial charge in [0, 0.05) is 23.7 Å². The molecular formula is C19H19N5O3. The Morgan fingerprint density at radius 1 is 1.33 bits per heavy atom. The Morgan fingerprint density at radius 3 is 2.85 bits per heavy atom. The number of para-hydroxylation sites is 1. The van der Waals surface area contributed by atoms with Crippen molar-refractivity contribution >= 4 is 28.0 Å². The van der Waals surface area contributed by atoms with Crippen molar-refractivity contribution < 1.29 is 9.21 Å². The number of amides is 1. The van der Waals surface area contributed by atoms with Crippen LogP contribution < -0.4 is 10.9 Å². The van der Waals surface area contributed by atoms with Gasteiger partial charge in [0.1, 0.15) is 17.6 Å². The van der Waals surface area contributed by atoms with E-state index in [1.54, 1.807) is 16.9 Å². The molecule has 1 atom stereocenters. The standard InChI is InChI=1S/C19H19N5O3/c1-11(14-8-21-23(3)12(14)2)22-16(25)9-24-10-20-17-13-6-4-5-7-15(13)27-18(17)19(24)26/h4-8,10-11H,9H2,1-3H3,(H,22,25)/t11-/m1/s1. The summed E-state index contributed by atoms with van der Waals surface area (Å²) >= 11 is 0. The molecule has 1 amide bonds. The van der Waals surface area contributed by atoms with E-state index in [-0.39, 0.29) is 29.6 Å². The highest BCUT2D eigenvalue weighted by molar-refractivity contribution is 6.01. The van der Waals surface area contributed by atoms with Crippen LogP contribution in [0.25, 0.3) is 22.1 Å². The molecule has 0 radical (unpaired) electrons. The first-order valence-corrected chi connectivity index (χ1v) is 8.60. The van der Waals surface area contributed by atoms with Crippen LogP contribution in [0.4, 0.5) is 0 Å². The number of nitrogens with zero attached hydrogens (tertiary/aromatic N) is 4. The first-order chi connectivity index (χ1) is 13.0. The van der Waals surface area contributed by atoms with E-state index in [0.717, 1.165) is 16.6 Å². The first kappa shape index (κ1) is 17.0. The van der Waals surface area contributed by atoms with Crippen molar-refractivity contribution in [3.05, 3.63) is 58.4 Å². The fourth-order valence-corrected chi connectivity index (χ4v) is 3.19. The molecular weight excluding hydrogens is 346 g/mol. The average molecular weight is 365 g/mol. The molecule has 0 unspecified atom stereocenters. The highest BCUT2D eigenvalue weighted by Gasteiger charge is 2.17. The zero-order chi connectivity index (χ0) is 19.1. The molecule has 138 valence electrons. The minimum atomic E-state index is -0.378. The molecule has 8 heteroatoms. The van der Waals surface area contributed by atoms with Crippen LogP contribution in [0, 0.1) is 6.92 Å². The summed E-state index contributed by atoms with van der Waals surface area (Å²) in [5.41, 5.74) is 2.79. The van der Waals surface area contributed by atoms with Gasteiger partial charge in [0.05, 0.1) is 18.6 Å². The quantitative estimate of drug-likeness (QED) is 0.597. The Morgan fingerprint density at radius 2 is 2.11 bits per heavy atom. The van der Waals surface area contributed by atoms with Crippen LogP contribution >= 0.6 is 0 Å². The van der Waals surface area contributed by atoms with Crippen molar-refractivity contribution in [2.75, 3.05) is 0 Å². The van der Waals surface area contributed by atoms with Gasteiger partial charge in [-0.25, -0.2) is 4.98 Å². The van der Waals surface area contributed by atoms with Crippen molar-refractivity contribution in [1.82, 2.24) is 24.6 Å². The molecule has 4 aromatic rings. The van der Waals surface area contributed by atoms with Crippen molar-refractivity contribution in [3.63, 3.8) is 0 Å². The summed E-state index contributed by atoms with van der Waals surface area (Å²) in [6.07, 6.45) is 3.11. The van der Waals surface area contributed by atoms with Crippen LogP contribution in [0.15, 0.2) is 46.0 Å². The average Bonchev–Trinajstić information content (AvgIpc) is 3.18. The lowest BCUT2D eigenvalue weighted by molar-refractivity contribution is -0.122. The number of hydrogen-bond donors (Lipinski definition) is 1. The summed E-state index contributed by atoms with van der Waals surface area (Å²) < 4.78 is 8.64. The lowest BCUT2D eigenvalue weighted by Gasteiger charge is -2.14. The van der Waals surface area contributed by atoms with Gasteiger partial charge >= 0.3 is 0 Å². The first-order valence-electron chi connectivity index (χ1n) is 8.60. The topological polar surface area (TPSA) is 94.9 Å². The van der Waals surface area contributed by atoms with Crippen molar-refractivity contribution in [2.45, 2.75) is 26.4 Å². The number of aromatic nitrogens is 4. The summed E-state index contributed by atoms with van der Waals surface area (Å²) in [5, 5.41) is 7.86. The minimum Gasteiger partial charge on any atom is -0.448 e. The number of aryl methyl sites for hydroxylation is 1. The molecule has 1 N–H and O–H groups in total. The van der Waals surface area contributed by atoms with Crippen molar-refractivity contribution in [3.8, 4) is 0 Å². The second kappa shape index (κ2) is 6.39. The minimum absolute atomic E-state index is 0.136. The van der Waals surface area contributed by atoms with E-state index < -0.39 is 0 Å². The number of rotatable bonds is 4. The lowest BCUT2D eigenvalue weighted by atomic mass is 10.1. The summed E-state index contributed by atoms with van der Waals surface area (Å²) in [4.78, 5) is 29.4. The molecule has 1 aromatic carbocycles. The Labute approximate surface area is 154 Å².